The van der Waals surface area contributed by atoms with E-state index in [1.165, 1.54) is 11.1 Å². The van der Waals surface area contributed by atoms with E-state index in [1.807, 2.05) is 0 Å². The second-order valence-corrected chi connectivity index (χ2v) is 23.0. The summed E-state index contributed by atoms with van der Waals surface area (Å²) in [5.41, 5.74) is 16.3. The standard InChI is InChI=1S/C71H54N2O4/c1-41-34-62-63(54-37-42-30-32-48(35-44(42)39-60(54)74-62)72(46-18-10-8-11-19-46)58-28-16-24-52-50-22-14-26-56(70(2,3)4)66(50)76-68(52)58)64-55-38-43-31-33-49(36-45(43)40-61(55)75-65(41)64)73(47-20-12-9-13-21-47)59-29-17-25-53-51-23-15-27-57(71(5,6)7)67(51)77-69(53)59/h8-40H,1-7H3. The van der Waals surface area contributed by atoms with Crippen LogP contribution in [0.5, 0.6) is 0 Å². The fourth-order valence-corrected chi connectivity index (χ4v) is 12.3. The Morgan fingerprint density at radius 1 is 0.299 bits per heavy atom. The second kappa shape index (κ2) is 16.4. The summed E-state index contributed by atoms with van der Waals surface area (Å²) in [6.07, 6.45) is 0. The van der Waals surface area contributed by atoms with Gasteiger partial charge in [-0.15, -0.1) is 0 Å². The molecule has 0 saturated carbocycles. The number of anilines is 6. The van der Waals surface area contributed by atoms with Gasteiger partial charge in [-0.05, 0) is 136 Å². The lowest BCUT2D eigenvalue weighted by Gasteiger charge is -2.26. The third kappa shape index (κ3) is 6.94. The Bertz CT molecular complexity index is 4900. The highest BCUT2D eigenvalue weighted by atomic mass is 16.3. The number of furan rings is 4. The fraction of sp³-hybridized carbons (Fsp3) is 0.127. The van der Waals surface area contributed by atoms with E-state index in [0.717, 1.165) is 149 Å². The van der Waals surface area contributed by atoms with Gasteiger partial charge < -0.3 is 27.5 Å². The largest absolute Gasteiger partial charge is 0.456 e. The second-order valence-electron chi connectivity index (χ2n) is 23.0. The van der Waals surface area contributed by atoms with Gasteiger partial charge in [-0.1, -0.05) is 151 Å². The van der Waals surface area contributed by atoms with Crippen LogP contribution in [0.3, 0.4) is 0 Å². The van der Waals surface area contributed by atoms with Crippen molar-refractivity contribution in [3.63, 3.8) is 0 Å². The van der Waals surface area contributed by atoms with Crippen molar-refractivity contribution < 1.29 is 17.7 Å². The smallest absolute Gasteiger partial charge is 0.159 e. The molecule has 6 nitrogen and oxygen atoms in total. The number of benzene rings is 11. The van der Waals surface area contributed by atoms with Gasteiger partial charge in [0.1, 0.15) is 33.5 Å². The summed E-state index contributed by atoms with van der Waals surface area (Å²) in [7, 11) is 0. The zero-order chi connectivity index (χ0) is 52.1. The van der Waals surface area contributed by atoms with Gasteiger partial charge >= 0.3 is 0 Å². The highest BCUT2D eigenvalue weighted by Crippen LogP contribution is 2.49. The molecule has 372 valence electrons. The summed E-state index contributed by atoms with van der Waals surface area (Å²) in [5.74, 6) is 0. The van der Waals surface area contributed by atoms with Crippen LogP contribution in [0, 0.1) is 6.92 Å². The normalized spacial score (nSPS) is 12.6. The van der Waals surface area contributed by atoms with Crippen molar-refractivity contribution in [1.29, 1.82) is 0 Å². The van der Waals surface area contributed by atoms with E-state index in [4.69, 9.17) is 17.7 Å². The zero-order valence-corrected chi connectivity index (χ0v) is 44.1. The van der Waals surface area contributed by atoms with Gasteiger partial charge in [-0.25, -0.2) is 0 Å². The zero-order valence-electron chi connectivity index (χ0n) is 44.1. The maximum absolute atomic E-state index is 6.95. The molecule has 15 aromatic rings. The number of fused-ring (bicyclic) bond motifs is 15. The molecule has 0 atom stereocenters. The molecule has 0 aliphatic carbocycles. The summed E-state index contributed by atoms with van der Waals surface area (Å²) in [6, 6.07) is 71.6. The third-order valence-corrected chi connectivity index (χ3v) is 15.9. The number of hydrogen-bond donors (Lipinski definition) is 0. The monoisotopic (exact) mass is 998 g/mol. The van der Waals surface area contributed by atoms with Crippen molar-refractivity contribution in [1.82, 2.24) is 0 Å². The lowest BCUT2D eigenvalue weighted by Crippen LogP contribution is -2.11. The quantitative estimate of drug-likeness (QED) is 0.165. The first kappa shape index (κ1) is 45.2. The maximum atomic E-state index is 6.95. The molecule has 0 N–H and O–H groups in total. The van der Waals surface area contributed by atoms with Crippen LogP contribution in [0.4, 0.5) is 34.1 Å². The van der Waals surface area contributed by atoms with Gasteiger partial charge in [0, 0.05) is 77.0 Å². The van der Waals surface area contributed by atoms with Crippen LogP contribution in [0.15, 0.2) is 218 Å². The van der Waals surface area contributed by atoms with Crippen molar-refractivity contribution in [2.75, 3.05) is 9.80 Å². The number of nitrogens with zero attached hydrogens (tertiary/aromatic N) is 2. The van der Waals surface area contributed by atoms with Crippen LogP contribution in [0.2, 0.25) is 0 Å². The number of aryl methyl sites for hydroxylation is 1. The Morgan fingerprint density at radius 2 is 0.740 bits per heavy atom. The molecule has 0 fully saturated rings. The molecule has 0 aliphatic heterocycles. The molecule has 4 heterocycles. The Kier molecular flexibility index (Phi) is 9.60. The minimum atomic E-state index is -0.0836. The van der Waals surface area contributed by atoms with Crippen molar-refractivity contribution >= 4 is 143 Å². The lowest BCUT2D eigenvalue weighted by molar-refractivity contribution is 0.572. The highest BCUT2D eigenvalue weighted by Gasteiger charge is 2.27. The fourth-order valence-electron chi connectivity index (χ4n) is 12.3. The average molecular weight is 999 g/mol. The van der Waals surface area contributed by atoms with Crippen LogP contribution >= 0.6 is 0 Å². The number of hydrogen-bond acceptors (Lipinski definition) is 6. The number of para-hydroxylation sites is 6. The van der Waals surface area contributed by atoms with Gasteiger partial charge in [-0.2, -0.15) is 0 Å². The van der Waals surface area contributed by atoms with Gasteiger partial charge in [0.05, 0.1) is 11.4 Å². The summed E-state index contributed by atoms with van der Waals surface area (Å²) < 4.78 is 27.7. The Morgan fingerprint density at radius 3 is 1.22 bits per heavy atom. The predicted octanol–water partition coefficient (Wildman–Crippen LogP) is 21.4. The Balaban J connectivity index is 0.865. The molecular formula is C71H54N2O4. The first-order valence-electron chi connectivity index (χ1n) is 26.6. The predicted molar refractivity (Wildman–Crippen MR) is 322 cm³/mol. The topological polar surface area (TPSA) is 59.0 Å². The van der Waals surface area contributed by atoms with E-state index in [9.17, 15) is 0 Å². The Hall–Kier alpha value is -9.26. The van der Waals surface area contributed by atoms with Crippen LogP contribution in [-0.4, -0.2) is 0 Å². The third-order valence-electron chi connectivity index (χ3n) is 15.9. The van der Waals surface area contributed by atoms with Gasteiger partial charge in [0.2, 0.25) is 0 Å². The maximum Gasteiger partial charge on any atom is 0.159 e. The highest BCUT2D eigenvalue weighted by molar-refractivity contribution is 6.28. The Labute approximate surface area is 444 Å². The van der Waals surface area contributed by atoms with E-state index in [-0.39, 0.29) is 10.8 Å². The molecule has 77 heavy (non-hydrogen) atoms. The summed E-state index contributed by atoms with van der Waals surface area (Å²) in [6.45, 7) is 15.6. The average Bonchev–Trinajstić information content (AvgIpc) is 4.38. The van der Waals surface area contributed by atoms with Gasteiger partial charge in [0.15, 0.2) is 11.2 Å². The summed E-state index contributed by atoms with van der Waals surface area (Å²) in [5, 5.41) is 13.1. The molecule has 15 rings (SSSR count). The SMILES string of the molecule is Cc1cc2oc3cc4cc(N(c5ccccc5)c5cccc6c5oc5c(C(C)(C)C)cccc56)ccc4cc3c2c2c1oc1cc3cc(N(c4ccccc4)c4cccc5c4oc4c(C(C)(C)C)cccc45)ccc3cc12. The van der Waals surface area contributed by atoms with Crippen LogP contribution in [0.1, 0.15) is 58.2 Å². The molecule has 0 aliphatic rings. The van der Waals surface area contributed by atoms with Gasteiger partial charge in [0.25, 0.3) is 0 Å². The molecule has 4 aromatic heterocycles. The van der Waals surface area contributed by atoms with E-state index < -0.39 is 0 Å². The van der Waals surface area contributed by atoms with Crippen molar-refractivity contribution in [2.45, 2.75) is 59.3 Å². The summed E-state index contributed by atoms with van der Waals surface area (Å²) in [4.78, 5) is 4.62. The minimum Gasteiger partial charge on any atom is -0.456 e. The van der Waals surface area contributed by atoms with E-state index in [0.29, 0.717) is 0 Å². The van der Waals surface area contributed by atoms with Gasteiger partial charge in [-0.3, -0.25) is 0 Å². The van der Waals surface area contributed by atoms with Crippen LogP contribution in [0.25, 0.3) is 109 Å². The van der Waals surface area contributed by atoms with Crippen LogP contribution < -0.4 is 9.80 Å². The molecule has 0 bridgehead atoms. The summed E-state index contributed by atoms with van der Waals surface area (Å²) >= 11 is 0. The van der Waals surface area contributed by atoms with Crippen molar-refractivity contribution in [3.05, 3.63) is 217 Å². The number of rotatable bonds is 6. The minimum absolute atomic E-state index is 0.0835. The van der Waals surface area contributed by atoms with Crippen molar-refractivity contribution in [2.24, 2.45) is 0 Å². The van der Waals surface area contributed by atoms with E-state index in [2.05, 4.69) is 258 Å². The molecular weight excluding hydrogens is 945 g/mol. The first-order valence-corrected chi connectivity index (χ1v) is 26.6. The molecule has 0 radical (unpaired) electrons. The van der Waals surface area contributed by atoms with Crippen LogP contribution in [-0.2, 0) is 10.8 Å². The first-order chi connectivity index (χ1) is 37.3. The molecule has 11 aromatic carbocycles. The van der Waals surface area contributed by atoms with E-state index in [1.54, 1.807) is 0 Å². The molecule has 6 heteroatoms. The van der Waals surface area contributed by atoms with E-state index >= 15 is 0 Å². The lowest BCUT2D eigenvalue weighted by atomic mass is 9.86. The molecule has 0 spiro atoms. The van der Waals surface area contributed by atoms with Crippen molar-refractivity contribution in [3.8, 4) is 0 Å². The molecule has 0 saturated heterocycles. The molecule has 0 unspecified atom stereocenters. The molecule has 0 amide bonds.